The molecule has 0 radical (unpaired) electrons. The van der Waals surface area contributed by atoms with Gasteiger partial charge in [0.05, 0.1) is 11.0 Å². The number of anilines is 1. The normalized spacial score (nSPS) is 9.83. The van der Waals surface area contributed by atoms with E-state index in [0.29, 0.717) is 13.0 Å². The van der Waals surface area contributed by atoms with Gasteiger partial charge in [0.2, 0.25) is 5.91 Å². The van der Waals surface area contributed by atoms with Gasteiger partial charge in [0.1, 0.15) is 0 Å². The molecule has 0 saturated heterocycles. The number of hydrogen-bond acceptors (Lipinski definition) is 4. The molecule has 0 aliphatic rings. The molecular weight excluding hydrogens is 252 g/mol. The molecule has 96 valence electrons. The Morgan fingerprint density at radius 3 is 2.67 bits per heavy atom. The highest BCUT2D eigenvalue weighted by molar-refractivity contribution is 5.92. The fraction of sp³-hybridized carbons (Fsp3) is 0.250. The Kier molecular flexibility index (Phi) is 5.48. The molecular formula is C12H15ClN4O. The molecule has 0 atom stereocenters. The summed E-state index contributed by atoms with van der Waals surface area (Å²) in [6.45, 7) is 0.666. The quantitative estimate of drug-likeness (QED) is 0.882. The SMILES string of the molecule is CNCCC(=O)Nc1ccc2nccnc2c1.Cl. The minimum atomic E-state index is -0.0115. The first-order valence-electron chi connectivity index (χ1n) is 5.45. The third-order valence-electron chi connectivity index (χ3n) is 2.36. The lowest BCUT2D eigenvalue weighted by atomic mass is 10.2. The first-order chi connectivity index (χ1) is 8.29. The molecule has 2 aromatic rings. The summed E-state index contributed by atoms with van der Waals surface area (Å²) in [5.41, 5.74) is 2.35. The van der Waals surface area contributed by atoms with Crippen molar-refractivity contribution < 1.29 is 4.79 Å². The maximum atomic E-state index is 11.5. The van der Waals surface area contributed by atoms with Crippen molar-refractivity contribution >= 4 is 35.0 Å². The molecule has 6 heteroatoms. The molecule has 1 heterocycles. The van der Waals surface area contributed by atoms with Crippen molar-refractivity contribution in [2.75, 3.05) is 18.9 Å². The number of fused-ring (bicyclic) bond motifs is 1. The number of benzene rings is 1. The second-order valence-corrected chi connectivity index (χ2v) is 3.66. The van der Waals surface area contributed by atoms with Crippen molar-refractivity contribution in [2.45, 2.75) is 6.42 Å². The predicted molar refractivity (Wildman–Crippen MR) is 74.0 cm³/mol. The van der Waals surface area contributed by atoms with Crippen LogP contribution >= 0.6 is 12.4 Å². The van der Waals surface area contributed by atoms with Gasteiger partial charge in [-0.25, -0.2) is 0 Å². The van der Waals surface area contributed by atoms with Gasteiger partial charge in [0.15, 0.2) is 0 Å². The maximum Gasteiger partial charge on any atom is 0.225 e. The smallest absolute Gasteiger partial charge is 0.225 e. The largest absolute Gasteiger partial charge is 0.326 e. The summed E-state index contributed by atoms with van der Waals surface area (Å²) in [5.74, 6) is -0.0115. The highest BCUT2D eigenvalue weighted by Crippen LogP contribution is 2.14. The van der Waals surface area contributed by atoms with Gasteiger partial charge in [0.25, 0.3) is 0 Å². The fourth-order valence-corrected chi connectivity index (χ4v) is 1.50. The van der Waals surface area contributed by atoms with E-state index in [1.54, 1.807) is 12.4 Å². The monoisotopic (exact) mass is 266 g/mol. The van der Waals surface area contributed by atoms with E-state index in [1.807, 2.05) is 25.2 Å². The molecule has 0 saturated carbocycles. The van der Waals surface area contributed by atoms with Gasteiger partial charge in [-0.3, -0.25) is 14.8 Å². The van der Waals surface area contributed by atoms with Crippen molar-refractivity contribution in [2.24, 2.45) is 0 Å². The number of amides is 1. The van der Waals surface area contributed by atoms with Crippen LogP contribution in [0.3, 0.4) is 0 Å². The lowest BCUT2D eigenvalue weighted by Crippen LogP contribution is -2.18. The summed E-state index contributed by atoms with van der Waals surface area (Å²) in [6.07, 6.45) is 3.73. The third kappa shape index (κ3) is 3.65. The predicted octanol–water partition coefficient (Wildman–Crippen LogP) is 1.60. The van der Waals surface area contributed by atoms with Crippen molar-refractivity contribution in [1.82, 2.24) is 15.3 Å². The minimum absolute atomic E-state index is 0. The molecule has 0 unspecified atom stereocenters. The van der Waals surface area contributed by atoms with Crippen molar-refractivity contribution in [3.63, 3.8) is 0 Å². The average Bonchev–Trinajstić information content (AvgIpc) is 2.36. The van der Waals surface area contributed by atoms with Crippen LogP contribution in [0.15, 0.2) is 30.6 Å². The number of aromatic nitrogens is 2. The van der Waals surface area contributed by atoms with Crippen LogP contribution in [0.1, 0.15) is 6.42 Å². The number of carbonyl (C=O) groups is 1. The van der Waals surface area contributed by atoms with Crippen LogP contribution < -0.4 is 10.6 Å². The van der Waals surface area contributed by atoms with E-state index in [4.69, 9.17) is 0 Å². The van der Waals surface area contributed by atoms with E-state index in [2.05, 4.69) is 20.6 Å². The van der Waals surface area contributed by atoms with E-state index >= 15 is 0 Å². The summed E-state index contributed by atoms with van der Waals surface area (Å²) in [4.78, 5) is 19.9. The van der Waals surface area contributed by atoms with Gasteiger partial charge < -0.3 is 10.6 Å². The van der Waals surface area contributed by atoms with Gasteiger partial charge in [-0.05, 0) is 25.2 Å². The lowest BCUT2D eigenvalue weighted by Gasteiger charge is -2.05. The van der Waals surface area contributed by atoms with Gasteiger partial charge >= 0.3 is 0 Å². The van der Waals surface area contributed by atoms with E-state index in [-0.39, 0.29) is 18.3 Å². The standard InChI is InChI=1S/C12H14N4O.ClH/c1-13-5-4-12(17)16-9-2-3-10-11(8-9)15-7-6-14-10;/h2-3,6-8,13H,4-5H2,1H3,(H,16,17);1H. The highest BCUT2D eigenvalue weighted by atomic mass is 35.5. The van der Waals surface area contributed by atoms with Crippen LogP contribution in [0.25, 0.3) is 11.0 Å². The van der Waals surface area contributed by atoms with Gasteiger partial charge in [-0.15, -0.1) is 12.4 Å². The summed E-state index contributed by atoms with van der Waals surface area (Å²) in [6, 6.07) is 5.49. The highest BCUT2D eigenvalue weighted by Gasteiger charge is 2.02. The second kappa shape index (κ2) is 6.88. The number of halogens is 1. The Morgan fingerprint density at radius 1 is 1.22 bits per heavy atom. The number of carbonyl (C=O) groups excluding carboxylic acids is 1. The van der Waals surface area contributed by atoms with E-state index in [1.165, 1.54) is 0 Å². The summed E-state index contributed by atoms with van der Waals surface area (Å²) >= 11 is 0. The topological polar surface area (TPSA) is 66.9 Å². The zero-order valence-corrected chi connectivity index (χ0v) is 10.8. The van der Waals surface area contributed by atoms with Crippen molar-refractivity contribution in [1.29, 1.82) is 0 Å². The van der Waals surface area contributed by atoms with E-state index in [9.17, 15) is 4.79 Å². The van der Waals surface area contributed by atoms with E-state index < -0.39 is 0 Å². The summed E-state index contributed by atoms with van der Waals surface area (Å²) in [7, 11) is 1.82. The maximum absolute atomic E-state index is 11.5. The molecule has 0 spiro atoms. The Hall–Kier alpha value is -1.72. The molecule has 0 aliphatic heterocycles. The summed E-state index contributed by atoms with van der Waals surface area (Å²) in [5, 5.41) is 5.75. The van der Waals surface area contributed by atoms with Crippen LogP contribution in [-0.2, 0) is 4.79 Å². The van der Waals surface area contributed by atoms with Gasteiger partial charge in [-0.2, -0.15) is 0 Å². The van der Waals surface area contributed by atoms with Crippen LogP contribution in [0.4, 0.5) is 5.69 Å². The minimum Gasteiger partial charge on any atom is -0.326 e. The molecule has 2 rings (SSSR count). The van der Waals surface area contributed by atoms with Crippen LogP contribution in [0.2, 0.25) is 0 Å². The molecule has 5 nitrogen and oxygen atoms in total. The Labute approximate surface area is 111 Å². The first kappa shape index (κ1) is 14.3. The van der Waals surface area contributed by atoms with Crippen molar-refractivity contribution in [3.05, 3.63) is 30.6 Å². The van der Waals surface area contributed by atoms with Gasteiger partial charge in [-0.1, -0.05) is 0 Å². The van der Waals surface area contributed by atoms with E-state index in [0.717, 1.165) is 16.7 Å². The first-order valence-corrected chi connectivity index (χ1v) is 5.45. The lowest BCUT2D eigenvalue weighted by molar-refractivity contribution is -0.116. The molecule has 2 N–H and O–H groups in total. The Morgan fingerprint density at radius 2 is 1.94 bits per heavy atom. The second-order valence-electron chi connectivity index (χ2n) is 3.66. The van der Waals surface area contributed by atoms with Crippen LogP contribution in [0, 0.1) is 0 Å². The number of nitrogens with one attached hydrogen (secondary N) is 2. The van der Waals surface area contributed by atoms with Gasteiger partial charge in [0, 0.05) is 31.0 Å². The third-order valence-corrected chi connectivity index (χ3v) is 2.36. The molecule has 0 bridgehead atoms. The number of hydrogen-bond donors (Lipinski definition) is 2. The van der Waals surface area contributed by atoms with Crippen LogP contribution in [0.5, 0.6) is 0 Å². The molecule has 1 amide bonds. The number of nitrogens with zero attached hydrogens (tertiary/aromatic N) is 2. The fourth-order valence-electron chi connectivity index (χ4n) is 1.50. The molecule has 0 aliphatic carbocycles. The number of rotatable bonds is 4. The summed E-state index contributed by atoms with van der Waals surface area (Å²) < 4.78 is 0. The molecule has 0 fully saturated rings. The molecule has 18 heavy (non-hydrogen) atoms. The molecule has 1 aromatic carbocycles. The average molecular weight is 267 g/mol. The molecule has 1 aromatic heterocycles. The zero-order chi connectivity index (χ0) is 12.1. The van der Waals surface area contributed by atoms with Crippen LogP contribution in [-0.4, -0.2) is 29.5 Å². The van der Waals surface area contributed by atoms with Crippen molar-refractivity contribution in [3.8, 4) is 0 Å². The zero-order valence-electron chi connectivity index (χ0n) is 10.0. The Balaban J connectivity index is 0.00000162. The Bertz CT molecular complexity index is 532.